The van der Waals surface area contributed by atoms with Gasteiger partial charge >= 0.3 is 0 Å². The van der Waals surface area contributed by atoms with Gasteiger partial charge in [-0.05, 0) is 31.5 Å². The summed E-state index contributed by atoms with van der Waals surface area (Å²) in [6.07, 6.45) is 1.71. The highest BCUT2D eigenvalue weighted by molar-refractivity contribution is 6.30. The predicted molar refractivity (Wildman–Crippen MR) is 87.0 cm³/mol. The molecular formula is C15H19ClN4O. The highest BCUT2D eigenvalue weighted by atomic mass is 35.5. The molecule has 6 heteroatoms. The normalized spacial score (nSPS) is 10.6. The number of nitrogen functional groups attached to an aromatic ring is 1. The molecule has 1 aromatic heterocycles. The number of hydrogen-bond acceptors (Lipinski definition) is 4. The van der Waals surface area contributed by atoms with Crippen LogP contribution >= 0.6 is 11.6 Å². The van der Waals surface area contributed by atoms with Crippen molar-refractivity contribution in [1.82, 2.24) is 9.78 Å². The van der Waals surface area contributed by atoms with Crippen LogP contribution in [0.5, 0.6) is 0 Å². The van der Waals surface area contributed by atoms with E-state index in [9.17, 15) is 4.79 Å². The lowest BCUT2D eigenvalue weighted by Crippen LogP contribution is -2.28. The van der Waals surface area contributed by atoms with Gasteiger partial charge in [0.2, 0.25) is 0 Å². The van der Waals surface area contributed by atoms with Crippen LogP contribution in [-0.4, -0.2) is 22.9 Å². The quantitative estimate of drug-likeness (QED) is 0.861. The average molecular weight is 307 g/mol. The maximum atomic E-state index is 12.2. The van der Waals surface area contributed by atoms with Crippen molar-refractivity contribution in [1.29, 1.82) is 0 Å². The molecule has 1 aromatic carbocycles. The molecule has 2 rings (SSSR count). The third kappa shape index (κ3) is 3.55. The Bertz CT molecular complexity index is 680. The van der Waals surface area contributed by atoms with Crippen LogP contribution in [0.3, 0.4) is 0 Å². The van der Waals surface area contributed by atoms with E-state index in [1.54, 1.807) is 24.4 Å². The Balaban J connectivity index is 2.27. The Morgan fingerprint density at radius 3 is 2.57 bits per heavy atom. The molecule has 0 aliphatic heterocycles. The third-order valence-electron chi connectivity index (χ3n) is 3.41. The minimum absolute atomic E-state index is 0.145. The third-order valence-corrected chi connectivity index (χ3v) is 3.65. The summed E-state index contributed by atoms with van der Waals surface area (Å²) in [7, 11) is 0. The number of nitrogens with two attached hydrogens (primary N) is 1. The highest BCUT2D eigenvalue weighted by Crippen LogP contribution is 2.18. The van der Waals surface area contributed by atoms with Crippen LogP contribution in [0.2, 0.25) is 5.02 Å². The molecule has 0 fully saturated rings. The molecule has 0 radical (unpaired) electrons. The zero-order valence-electron chi connectivity index (χ0n) is 12.2. The molecule has 0 spiro atoms. The first-order valence-electron chi connectivity index (χ1n) is 6.91. The molecule has 5 nitrogen and oxygen atoms in total. The standard InChI is InChI=1S/C15H19ClN4O/c1-3-19(4-2)13-8-15(21)20(18-9-13)10-11-5-6-12(16)7-14(11)17/h5-9H,3-4,10,17H2,1-2H3. The minimum atomic E-state index is -0.145. The maximum absolute atomic E-state index is 12.2. The van der Waals surface area contributed by atoms with E-state index in [0.717, 1.165) is 24.3 Å². The van der Waals surface area contributed by atoms with Gasteiger partial charge in [-0.1, -0.05) is 17.7 Å². The second-order valence-corrected chi connectivity index (χ2v) is 5.16. The van der Waals surface area contributed by atoms with Crippen LogP contribution in [0.4, 0.5) is 11.4 Å². The first kappa shape index (κ1) is 15.4. The Morgan fingerprint density at radius 1 is 1.29 bits per heavy atom. The number of hydrogen-bond donors (Lipinski definition) is 1. The molecule has 1 heterocycles. The largest absolute Gasteiger partial charge is 0.398 e. The number of anilines is 2. The molecule has 0 saturated carbocycles. The van der Waals surface area contributed by atoms with Crippen molar-refractivity contribution >= 4 is 23.0 Å². The van der Waals surface area contributed by atoms with E-state index in [2.05, 4.69) is 10.00 Å². The van der Waals surface area contributed by atoms with Crippen LogP contribution in [0, 0.1) is 0 Å². The molecule has 0 unspecified atom stereocenters. The van der Waals surface area contributed by atoms with Gasteiger partial charge in [0.05, 0.1) is 18.4 Å². The Kier molecular flexibility index (Phi) is 4.85. The molecule has 2 N–H and O–H groups in total. The lowest BCUT2D eigenvalue weighted by atomic mass is 10.2. The average Bonchev–Trinajstić information content (AvgIpc) is 2.45. The van der Waals surface area contributed by atoms with Crippen molar-refractivity contribution in [3.8, 4) is 0 Å². The van der Waals surface area contributed by atoms with Crippen LogP contribution in [-0.2, 0) is 6.54 Å². The van der Waals surface area contributed by atoms with E-state index in [0.29, 0.717) is 17.3 Å². The van der Waals surface area contributed by atoms with Crippen molar-refractivity contribution in [3.63, 3.8) is 0 Å². The van der Waals surface area contributed by atoms with Gasteiger partial charge in [0.25, 0.3) is 5.56 Å². The smallest absolute Gasteiger partial charge is 0.269 e. The first-order valence-corrected chi connectivity index (χ1v) is 7.29. The van der Waals surface area contributed by atoms with E-state index in [1.807, 2.05) is 19.9 Å². The molecule has 0 aliphatic carbocycles. The number of halogens is 1. The molecule has 0 atom stereocenters. The van der Waals surface area contributed by atoms with Crippen molar-refractivity contribution in [2.75, 3.05) is 23.7 Å². The summed E-state index contributed by atoms with van der Waals surface area (Å²) < 4.78 is 1.40. The topological polar surface area (TPSA) is 64.2 Å². The van der Waals surface area contributed by atoms with E-state index in [-0.39, 0.29) is 5.56 Å². The Labute approximate surface area is 128 Å². The summed E-state index contributed by atoms with van der Waals surface area (Å²) in [5.41, 5.74) is 7.98. The van der Waals surface area contributed by atoms with Crippen LogP contribution in [0.15, 0.2) is 35.3 Å². The summed E-state index contributed by atoms with van der Waals surface area (Å²) in [6, 6.07) is 6.84. The Morgan fingerprint density at radius 2 is 2.00 bits per heavy atom. The second kappa shape index (κ2) is 6.63. The van der Waals surface area contributed by atoms with E-state index >= 15 is 0 Å². The van der Waals surface area contributed by atoms with E-state index in [4.69, 9.17) is 17.3 Å². The predicted octanol–water partition coefficient (Wildman–Crippen LogP) is 2.37. The summed E-state index contributed by atoms with van der Waals surface area (Å²) in [5.74, 6) is 0. The van der Waals surface area contributed by atoms with Crippen molar-refractivity contribution < 1.29 is 0 Å². The zero-order valence-corrected chi connectivity index (χ0v) is 13.0. The first-order chi connectivity index (χ1) is 10.0. The second-order valence-electron chi connectivity index (χ2n) is 4.73. The summed E-state index contributed by atoms with van der Waals surface area (Å²) in [4.78, 5) is 14.2. The number of nitrogens with zero attached hydrogens (tertiary/aromatic N) is 3. The fraction of sp³-hybridized carbons (Fsp3) is 0.333. The van der Waals surface area contributed by atoms with Crippen LogP contribution in [0.1, 0.15) is 19.4 Å². The van der Waals surface area contributed by atoms with Crippen LogP contribution < -0.4 is 16.2 Å². The Hall–Kier alpha value is -2.01. The van der Waals surface area contributed by atoms with Crippen molar-refractivity contribution in [2.45, 2.75) is 20.4 Å². The van der Waals surface area contributed by atoms with Gasteiger partial charge in [-0.15, -0.1) is 0 Å². The van der Waals surface area contributed by atoms with Gasteiger partial charge in [-0.3, -0.25) is 4.79 Å². The molecule has 0 bridgehead atoms. The van der Waals surface area contributed by atoms with E-state index < -0.39 is 0 Å². The fourth-order valence-corrected chi connectivity index (χ4v) is 2.36. The summed E-state index contributed by atoms with van der Waals surface area (Å²) in [5, 5.41) is 4.81. The van der Waals surface area contributed by atoms with Gasteiger partial charge < -0.3 is 10.6 Å². The van der Waals surface area contributed by atoms with Gasteiger partial charge in [0.1, 0.15) is 0 Å². The molecule has 112 valence electrons. The van der Waals surface area contributed by atoms with Crippen LogP contribution in [0.25, 0.3) is 0 Å². The molecule has 0 aliphatic rings. The van der Waals surface area contributed by atoms with Gasteiger partial charge in [-0.25, -0.2) is 4.68 Å². The summed E-state index contributed by atoms with van der Waals surface area (Å²) in [6.45, 7) is 6.10. The van der Waals surface area contributed by atoms with Crippen molar-refractivity contribution in [3.05, 3.63) is 51.4 Å². The molecule has 0 saturated heterocycles. The number of benzene rings is 1. The summed E-state index contributed by atoms with van der Waals surface area (Å²) >= 11 is 5.87. The van der Waals surface area contributed by atoms with Gasteiger partial charge in [0, 0.05) is 29.9 Å². The number of rotatable bonds is 5. The maximum Gasteiger partial charge on any atom is 0.269 e. The zero-order chi connectivity index (χ0) is 15.4. The molecular weight excluding hydrogens is 288 g/mol. The lowest BCUT2D eigenvalue weighted by Gasteiger charge is -2.20. The SMILES string of the molecule is CCN(CC)c1cnn(Cc2ccc(Cl)cc2N)c(=O)c1. The molecule has 0 amide bonds. The highest BCUT2D eigenvalue weighted by Gasteiger charge is 2.07. The van der Waals surface area contributed by atoms with Gasteiger partial charge in [-0.2, -0.15) is 5.10 Å². The van der Waals surface area contributed by atoms with Gasteiger partial charge in [0.15, 0.2) is 0 Å². The molecule has 2 aromatic rings. The monoisotopic (exact) mass is 306 g/mol. The number of aromatic nitrogens is 2. The minimum Gasteiger partial charge on any atom is -0.398 e. The fourth-order valence-electron chi connectivity index (χ4n) is 2.18. The van der Waals surface area contributed by atoms with Crippen molar-refractivity contribution in [2.24, 2.45) is 0 Å². The lowest BCUT2D eigenvalue weighted by molar-refractivity contribution is 0.637. The van der Waals surface area contributed by atoms with E-state index in [1.165, 1.54) is 4.68 Å². The molecule has 21 heavy (non-hydrogen) atoms.